The molecule has 1 aromatic rings. The van der Waals surface area contributed by atoms with E-state index in [0.717, 1.165) is 30.8 Å². The predicted octanol–water partition coefficient (Wildman–Crippen LogP) is 1.10. The van der Waals surface area contributed by atoms with Gasteiger partial charge in [-0.3, -0.25) is 0 Å². The van der Waals surface area contributed by atoms with Crippen LogP contribution in [0.1, 0.15) is 12.0 Å². The molecule has 0 bridgehead atoms. The van der Waals surface area contributed by atoms with Gasteiger partial charge >= 0.3 is 0 Å². The van der Waals surface area contributed by atoms with Crippen molar-refractivity contribution in [3.63, 3.8) is 0 Å². The van der Waals surface area contributed by atoms with E-state index in [2.05, 4.69) is 4.90 Å². The third kappa shape index (κ3) is 2.33. The summed E-state index contributed by atoms with van der Waals surface area (Å²) in [6.07, 6.45) is 0.963. The summed E-state index contributed by atoms with van der Waals surface area (Å²) in [5, 5.41) is 9.07. The standard InChI is InChI=1S/C12H17FN2O/c13-11-3-10(6-14)4-12(5-11)15-2-1-9(7-15)8-16/h3-5,9,16H,1-2,6-8,14H2. The first kappa shape index (κ1) is 11.4. The Morgan fingerprint density at radius 1 is 1.44 bits per heavy atom. The smallest absolute Gasteiger partial charge is 0.125 e. The van der Waals surface area contributed by atoms with Crippen molar-refractivity contribution in [2.75, 3.05) is 24.6 Å². The summed E-state index contributed by atoms with van der Waals surface area (Å²) in [6.45, 7) is 2.22. The lowest BCUT2D eigenvalue weighted by molar-refractivity contribution is 0.238. The minimum atomic E-state index is -0.245. The largest absolute Gasteiger partial charge is 0.396 e. The molecule has 4 heteroatoms. The van der Waals surface area contributed by atoms with Crippen LogP contribution in [0.5, 0.6) is 0 Å². The lowest BCUT2D eigenvalue weighted by atomic mass is 10.1. The van der Waals surface area contributed by atoms with Gasteiger partial charge in [0.15, 0.2) is 0 Å². The van der Waals surface area contributed by atoms with Gasteiger partial charge in [0.1, 0.15) is 5.82 Å². The molecule has 1 fully saturated rings. The molecule has 1 unspecified atom stereocenters. The van der Waals surface area contributed by atoms with Crippen LogP contribution in [0.3, 0.4) is 0 Å². The van der Waals surface area contributed by atoms with Crippen molar-refractivity contribution >= 4 is 5.69 Å². The highest BCUT2D eigenvalue weighted by Gasteiger charge is 2.22. The monoisotopic (exact) mass is 224 g/mol. The topological polar surface area (TPSA) is 49.5 Å². The average Bonchev–Trinajstić information content (AvgIpc) is 2.76. The average molecular weight is 224 g/mol. The second kappa shape index (κ2) is 4.80. The number of aliphatic hydroxyl groups is 1. The van der Waals surface area contributed by atoms with Gasteiger partial charge < -0.3 is 15.7 Å². The van der Waals surface area contributed by atoms with E-state index < -0.39 is 0 Å². The Kier molecular flexibility index (Phi) is 3.41. The summed E-state index contributed by atoms with van der Waals surface area (Å²) < 4.78 is 13.3. The number of hydrogen-bond donors (Lipinski definition) is 2. The molecular formula is C12H17FN2O. The van der Waals surface area contributed by atoms with Crippen LogP contribution in [-0.4, -0.2) is 24.8 Å². The van der Waals surface area contributed by atoms with E-state index in [1.54, 1.807) is 0 Å². The highest BCUT2D eigenvalue weighted by molar-refractivity contribution is 5.50. The lowest BCUT2D eigenvalue weighted by Gasteiger charge is -2.19. The van der Waals surface area contributed by atoms with Crippen LogP contribution >= 0.6 is 0 Å². The molecule has 0 radical (unpaired) electrons. The molecule has 0 aliphatic carbocycles. The zero-order valence-corrected chi connectivity index (χ0v) is 9.19. The normalized spacial score (nSPS) is 20.4. The number of benzene rings is 1. The molecule has 1 aliphatic heterocycles. The van der Waals surface area contributed by atoms with Crippen molar-refractivity contribution in [1.29, 1.82) is 0 Å². The van der Waals surface area contributed by atoms with E-state index in [-0.39, 0.29) is 12.4 Å². The van der Waals surface area contributed by atoms with Crippen molar-refractivity contribution in [2.45, 2.75) is 13.0 Å². The third-order valence-corrected chi connectivity index (χ3v) is 3.09. The predicted molar refractivity (Wildman–Crippen MR) is 61.7 cm³/mol. The van der Waals surface area contributed by atoms with Crippen LogP contribution < -0.4 is 10.6 Å². The van der Waals surface area contributed by atoms with Gasteiger partial charge in [-0.2, -0.15) is 0 Å². The molecule has 0 amide bonds. The molecule has 0 aromatic heterocycles. The van der Waals surface area contributed by atoms with Crippen LogP contribution in [0.15, 0.2) is 18.2 Å². The molecular weight excluding hydrogens is 207 g/mol. The Morgan fingerprint density at radius 2 is 2.25 bits per heavy atom. The molecule has 1 atom stereocenters. The maximum Gasteiger partial charge on any atom is 0.125 e. The summed E-state index contributed by atoms with van der Waals surface area (Å²) in [5.41, 5.74) is 7.19. The molecule has 1 aliphatic rings. The van der Waals surface area contributed by atoms with Gasteiger partial charge in [0.05, 0.1) is 0 Å². The molecule has 2 rings (SSSR count). The van der Waals surface area contributed by atoms with Crippen LogP contribution in [0, 0.1) is 11.7 Å². The fourth-order valence-corrected chi connectivity index (χ4v) is 2.15. The van der Waals surface area contributed by atoms with Crippen LogP contribution in [0.2, 0.25) is 0 Å². The summed E-state index contributed by atoms with van der Waals surface area (Å²) in [5.74, 6) is 0.0648. The fraction of sp³-hybridized carbons (Fsp3) is 0.500. The molecule has 16 heavy (non-hydrogen) atoms. The van der Waals surface area contributed by atoms with Crippen molar-refractivity contribution in [1.82, 2.24) is 0 Å². The van der Waals surface area contributed by atoms with Gasteiger partial charge in [-0.25, -0.2) is 4.39 Å². The van der Waals surface area contributed by atoms with E-state index in [0.29, 0.717) is 12.5 Å². The Hall–Kier alpha value is -1.13. The van der Waals surface area contributed by atoms with Crippen molar-refractivity contribution in [2.24, 2.45) is 11.7 Å². The number of rotatable bonds is 3. The molecule has 3 N–H and O–H groups in total. The minimum Gasteiger partial charge on any atom is -0.396 e. The summed E-state index contributed by atoms with van der Waals surface area (Å²) in [7, 11) is 0. The SMILES string of the molecule is NCc1cc(F)cc(N2CCC(CO)C2)c1. The van der Waals surface area contributed by atoms with Gasteiger partial charge in [0.2, 0.25) is 0 Å². The lowest BCUT2D eigenvalue weighted by Crippen LogP contribution is -2.21. The van der Waals surface area contributed by atoms with Crippen molar-refractivity contribution < 1.29 is 9.50 Å². The quantitative estimate of drug-likeness (QED) is 0.808. The molecule has 3 nitrogen and oxygen atoms in total. The first-order valence-electron chi connectivity index (χ1n) is 5.58. The van der Waals surface area contributed by atoms with Crippen molar-refractivity contribution in [3.8, 4) is 0 Å². The number of aliphatic hydroxyl groups excluding tert-OH is 1. The molecule has 1 aromatic carbocycles. The van der Waals surface area contributed by atoms with E-state index >= 15 is 0 Å². The van der Waals surface area contributed by atoms with E-state index in [4.69, 9.17) is 10.8 Å². The first-order chi connectivity index (χ1) is 7.72. The van der Waals surface area contributed by atoms with Crippen LogP contribution in [-0.2, 0) is 6.54 Å². The van der Waals surface area contributed by atoms with Gasteiger partial charge in [-0.15, -0.1) is 0 Å². The number of nitrogens with two attached hydrogens (primary N) is 1. The van der Waals surface area contributed by atoms with E-state index in [9.17, 15) is 4.39 Å². The van der Waals surface area contributed by atoms with Gasteiger partial charge in [0, 0.05) is 37.8 Å². The van der Waals surface area contributed by atoms with Gasteiger partial charge in [0.25, 0.3) is 0 Å². The second-order valence-electron chi connectivity index (χ2n) is 4.31. The highest BCUT2D eigenvalue weighted by atomic mass is 19.1. The molecule has 0 spiro atoms. The Morgan fingerprint density at radius 3 is 2.88 bits per heavy atom. The Labute approximate surface area is 94.7 Å². The fourth-order valence-electron chi connectivity index (χ4n) is 2.15. The summed E-state index contributed by atoms with van der Waals surface area (Å²) in [6, 6.07) is 4.91. The highest BCUT2D eigenvalue weighted by Crippen LogP contribution is 2.25. The minimum absolute atomic E-state index is 0.204. The third-order valence-electron chi connectivity index (χ3n) is 3.09. The molecule has 1 saturated heterocycles. The van der Waals surface area contributed by atoms with Crippen LogP contribution in [0.25, 0.3) is 0 Å². The number of hydrogen-bond acceptors (Lipinski definition) is 3. The van der Waals surface area contributed by atoms with Crippen LogP contribution in [0.4, 0.5) is 10.1 Å². The number of halogens is 1. The second-order valence-corrected chi connectivity index (χ2v) is 4.31. The molecule has 0 saturated carbocycles. The zero-order chi connectivity index (χ0) is 11.5. The molecule has 88 valence electrons. The summed E-state index contributed by atoms with van der Waals surface area (Å²) >= 11 is 0. The van der Waals surface area contributed by atoms with E-state index in [1.165, 1.54) is 12.1 Å². The Balaban J connectivity index is 2.17. The Bertz CT molecular complexity index is 370. The van der Waals surface area contributed by atoms with Crippen molar-refractivity contribution in [3.05, 3.63) is 29.6 Å². The van der Waals surface area contributed by atoms with Gasteiger partial charge in [-0.1, -0.05) is 0 Å². The first-order valence-corrected chi connectivity index (χ1v) is 5.58. The van der Waals surface area contributed by atoms with Gasteiger partial charge in [-0.05, 0) is 30.2 Å². The number of nitrogens with zero attached hydrogens (tertiary/aromatic N) is 1. The maximum absolute atomic E-state index is 13.3. The van der Waals surface area contributed by atoms with E-state index in [1.807, 2.05) is 6.07 Å². The summed E-state index contributed by atoms with van der Waals surface area (Å²) in [4.78, 5) is 2.10. The maximum atomic E-state index is 13.3. The number of anilines is 1. The molecule has 1 heterocycles. The zero-order valence-electron chi connectivity index (χ0n) is 9.19.